The van der Waals surface area contributed by atoms with Crippen LogP contribution in [0.5, 0.6) is 0 Å². The zero-order valence-electron chi connectivity index (χ0n) is 30.1. The Hall–Kier alpha value is -7.63. The molecule has 0 radical (unpaired) electrons. The van der Waals surface area contributed by atoms with Gasteiger partial charge in [-0.1, -0.05) is 164 Å². The van der Waals surface area contributed by atoms with Crippen LogP contribution in [-0.2, 0) is 0 Å². The van der Waals surface area contributed by atoms with E-state index < -0.39 is 0 Å². The van der Waals surface area contributed by atoms with Crippen LogP contribution in [0, 0.1) is 0 Å². The van der Waals surface area contributed by atoms with Gasteiger partial charge in [0.2, 0.25) is 5.95 Å². The zero-order valence-corrected chi connectivity index (χ0v) is 30.1. The summed E-state index contributed by atoms with van der Waals surface area (Å²) in [7, 11) is 0. The third-order valence-electron chi connectivity index (χ3n) is 11.3. The van der Waals surface area contributed by atoms with Gasteiger partial charge in [0.1, 0.15) is 0 Å². The molecule has 5 nitrogen and oxygen atoms in total. The smallest absolute Gasteiger partial charge is 0.238 e. The summed E-state index contributed by atoms with van der Waals surface area (Å²) in [5.41, 5.74) is 7.29. The molecule has 0 aliphatic heterocycles. The fraction of sp³-hybridized carbons (Fsp3) is 0. The van der Waals surface area contributed by atoms with Crippen LogP contribution < -0.4 is 0 Å². The lowest BCUT2D eigenvalue weighted by molar-refractivity contribution is 0.953. The molecule has 9 aromatic carbocycles. The molecule has 3 aromatic heterocycles. The number of nitrogens with zero attached hydrogens (tertiary/aromatic N) is 5. The Labute approximate surface area is 321 Å². The molecule has 0 atom stereocenters. The first-order valence-electron chi connectivity index (χ1n) is 19.0. The van der Waals surface area contributed by atoms with Crippen LogP contribution in [0.4, 0.5) is 0 Å². The summed E-state index contributed by atoms with van der Waals surface area (Å²) in [5.74, 6) is 1.81. The maximum Gasteiger partial charge on any atom is 0.238 e. The van der Waals surface area contributed by atoms with Crippen LogP contribution in [0.15, 0.2) is 188 Å². The quantitative estimate of drug-likeness (QED) is 0.171. The van der Waals surface area contributed by atoms with Gasteiger partial charge in [-0.15, -0.1) is 0 Å². The van der Waals surface area contributed by atoms with E-state index in [0.29, 0.717) is 17.6 Å². The molecule has 0 aliphatic rings. The maximum atomic E-state index is 5.36. The lowest BCUT2D eigenvalue weighted by Gasteiger charge is -2.16. The molecule has 12 rings (SSSR count). The fourth-order valence-electron chi connectivity index (χ4n) is 9.05. The van der Waals surface area contributed by atoms with Gasteiger partial charge in [-0.2, -0.15) is 9.97 Å². The summed E-state index contributed by atoms with van der Waals surface area (Å²) in [6, 6.07) is 66.5. The van der Waals surface area contributed by atoms with Crippen molar-refractivity contribution < 1.29 is 0 Å². The van der Waals surface area contributed by atoms with Crippen LogP contribution in [0.1, 0.15) is 0 Å². The van der Waals surface area contributed by atoms with E-state index in [0.717, 1.165) is 44.3 Å². The highest BCUT2D eigenvalue weighted by atomic mass is 15.2. The predicted octanol–water partition coefficient (Wildman–Crippen LogP) is 12.9. The minimum Gasteiger partial charge on any atom is -0.307 e. The molecule has 260 valence electrons. The minimum absolute atomic E-state index is 0.569. The molecular weight excluding hydrogens is 683 g/mol. The second-order valence-electron chi connectivity index (χ2n) is 14.3. The largest absolute Gasteiger partial charge is 0.307 e. The van der Waals surface area contributed by atoms with Gasteiger partial charge in [0, 0.05) is 49.1 Å². The molecule has 0 aliphatic carbocycles. The summed E-state index contributed by atoms with van der Waals surface area (Å²) in [4.78, 5) is 15.8. The standard InChI is InChI=1S/C51H31N5/c1-4-18-32(19-5-1)49-52-50(33-20-6-2-7-21-33)54-51(53-49)56-42-31-17-15-29-40(42)46-44-38-27-13-11-25-36(38)35-24-10-12-26-37(35)43(44)45-39-28-14-16-30-41(39)55(47(45)48(46)56)34-22-8-3-9-23-34/h1-31H. The Morgan fingerprint density at radius 3 is 1.16 bits per heavy atom. The van der Waals surface area contributed by atoms with Crippen LogP contribution >= 0.6 is 0 Å². The van der Waals surface area contributed by atoms with Crippen molar-refractivity contribution in [2.75, 3.05) is 0 Å². The van der Waals surface area contributed by atoms with Crippen molar-refractivity contribution in [3.8, 4) is 34.4 Å². The molecule has 0 bridgehead atoms. The SMILES string of the molecule is c1ccc(-c2nc(-c3ccccc3)nc(-n3c4ccccc4c4c5c6ccccc6c6ccccc6c5c5c6ccccc6n(-c6ccccc6)c5c43)n2)cc1. The maximum absolute atomic E-state index is 5.36. The monoisotopic (exact) mass is 713 g/mol. The molecule has 0 fully saturated rings. The van der Waals surface area contributed by atoms with E-state index in [9.17, 15) is 0 Å². The fourth-order valence-corrected chi connectivity index (χ4v) is 9.05. The molecule has 3 heterocycles. The normalized spacial score (nSPS) is 11.9. The molecule has 0 amide bonds. The van der Waals surface area contributed by atoms with Gasteiger partial charge in [0.25, 0.3) is 0 Å². The van der Waals surface area contributed by atoms with Gasteiger partial charge in [-0.05, 0) is 45.8 Å². The lowest BCUT2D eigenvalue weighted by Crippen LogP contribution is -2.07. The average Bonchev–Trinajstić information content (AvgIpc) is 3.81. The molecule has 0 unspecified atom stereocenters. The van der Waals surface area contributed by atoms with Crippen molar-refractivity contribution >= 4 is 75.9 Å². The van der Waals surface area contributed by atoms with Gasteiger partial charge in [-0.25, -0.2) is 4.98 Å². The molecule has 0 saturated carbocycles. The third-order valence-corrected chi connectivity index (χ3v) is 11.3. The van der Waals surface area contributed by atoms with E-state index in [-0.39, 0.29) is 0 Å². The molecule has 5 heteroatoms. The van der Waals surface area contributed by atoms with E-state index in [4.69, 9.17) is 15.0 Å². The number of rotatable bonds is 4. The second kappa shape index (κ2) is 11.9. The summed E-state index contributed by atoms with van der Waals surface area (Å²) in [6.07, 6.45) is 0. The van der Waals surface area contributed by atoms with E-state index in [2.05, 4.69) is 161 Å². The summed E-state index contributed by atoms with van der Waals surface area (Å²) in [5, 5.41) is 12.1. The Kier molecular flexibility index (Phi) is 6.56. The highest BCUT2D eigenvalue weighted by Gasteiger charge is 2.28. The van der Waals surface area contributed by atoms with Gasteiger partial charge < -0.3 is 4.57 Å². The van der Waals surface area contributed by atoms with Crippen molar-refractivity contribution in [1.82, 2.24) is 24.1 Å². The summed E-state index contributed by atoms with van der Waals surface area (Å²) in [6.45, 7) is 0. The van der Waals surface area contributed by atoms with Crippen LogP contribution in [0.2, 0.25) is 0 Å². The first-order valence-corrected chi connectivity index (χ1v) is 19.0. The van der Waals surface area contributed by atoms with Gasteiger partial charge in [0.05, 0.1) is 22.1 Å². The number of aromatic nitrogens is 5. The summed E-state index contributed by atoms with van der Waals surface area (Å²) < 4.78 is 4.75. The topological polar surface area (TPSA) is 48.5 Å². The van der Waals surface area contributed by atoms with Crippen LogP contribution in [0.3, 0.4) is 0 Å². The molecule has 0 N–H and O–H groups in total. The van der Waals surface area contributed by atoms with Crippen molar-refractivity contribution in [1.29, 1.82) is 0 Å². The first-order chi connectivity index (χ1) is 27.8. The molecule has 0 saturated heterocycles. The third kappa shape index (κ3) is 4.34. The van der Waals surface area contributed by atoms with E-state index in [1.807, 2.05) is 36.4 Å². The Balaban J connectivity index is 1.40. The molecule has 56 heavy (non-hydrogen) atoms. The van der Waals surface area contributed by atoms with Crippen molar-refractivity contribution in [3.63, 3.8) is 0 Å². The number of hydrogen-bond donors (Lipinski definition) is 0. The van der Waals surface area contributed by atoms with E-state index >= 15 is 0 Å². The zero-order chi connectivity index (χ0) is 36.7. The second-order valence-corrected chi connectivity index (χ2v) is 14.3. The molecule has 0 spiro atoms. The molecule has 12 aromatic rings. The highest BCUT2D eigenvalue weighted by molar-refractivity contribution is 6.45. The Morgan fingerprint density at radius 2 is 0.661 bits per heavy atom. The highest BCUT2D eigenvalue weighted by Crippen LogP contribution is 2.50. The van der Waals surface area contributed by atoms with E-state index in [1.165, 1.54) is 48.5 Å². The predicted molar refractivity (Wildman–Crippen MR) is 232 cm³/mol. The summed E-state index contributed by atoms with van der Waals surface area (Å²) >= 11 is 0. The first kappa shape index (κ1) is 30.8. The lowest BCUT2D eigenvalue weighted by atomic mass is 9.89. The van der Waals surface area contributed by atoms with E-state index in [1.54, 1.807) is 0 Å². The van der Waals surface area contributed by atoms with Crippen molar-refractivity contribution in [3.05, 3.63) is 188 Å². The van der Waals surface area contributed by atoms with Crippen LogP contribution in [-0.4, -0.2) is 24.1 Å². The Morgan fingerprint density at radius 1 is 0.286 bits per heavy atom. The minimum atomic E-state index is 0.569. The number of fused-ring (bicyclic) bond motifs is 15. The molecular formula is C51H31N5. The van der Waals surface area contributed by atoms with Crippen molar-refractivity contribution in [2.45, 2.75) is 0 Å². The van der Waals surface area contributed by atoms with Gasteiger partial charge in [-0.3, -0.25) is 4.57 Å². The van der Waals surface area contributed by atoms with Crippen LogP contribution in [0.25, 0.3) is 110 Å². The van der Waals surface area contributed by atoms with Gasteiger partial charge in [0.15, 0.2) is 11.6 Å². The van der Waals surface area contributed by atoms with Crippen molar-refractivity contribution in [2.24, 2.45) is 0 Å². The van der Waals surface area contributed by atoms with Gasteiger partial charge >= 0.3 is 0 Å². The number of para-hydroxylation sites is 3. The number of benzene rings is 9. The number of hydrogen-bond acceptors (Lipinski definition) is 3. The Bertz CT molecular complexity index is 3450. The average molecular weight is 714 g/mol.